The van der Waals surface area contributed by atoms with Crippen LogP contribution in [0.1, 0.15) is 12.5 Å². The van der Waals surface area contributed by atoms with Crippen molar-refractivity contribution in [1.29, 1.82) is 0 Å². The first kappa shape index (κ1) is 25.2. The number of aromatic nitrogens is 3. The van der Waals surface area contributed by atoms with Crippen molar-refractivity contribution >= 4 is 17.7 Å². The number of para-hydroxylation sites is 1. The van der Waals surface area contributed by atoms with Gasteiger partial charge in [-0.2, -0.15) is 0 Å². The van der Waals surface area contributed by atoms with Gasteiger partial charge in [0, 0.05) is 19.6 Å². The van der Waals surface area contributed by atoms with Gasteiger partial charge in [0.25, 0.3) is 0 Å². The summed E-state index contributed by atoms with van der Waals surface area (Å²) in [7, 11) is 4.82. The lowest BCUT2D eigenvalue weighted by Crippen LogP contribution is -2.31. The third kappa shape index (κ3) is 5.72. The fourth-order valence-electron chi connectivity index (χ4n) is 3.51. The van der Waals surface area contributed by atoms with Gasteiger partial charge in [-0.3, -0.25) is 9.36 Å². The van der Waals surface area contributed by atoms with E-state index in [1.54, 1.807) is 32.3 Å². The van der Waals surface area contributed by atoms with Crippen molar-refractivity contribution in [2.24, 2.45) is 0 Å². The summed E-state index contributed by atoms with van der Waals surface area (Å²) in [6.45, 7) is 7.39. The standard InChI is InChI=1S/C25H30N4O4S/c1-6-14-29-24(19-10-8-9-11-20(19)31-3)26-27-25(29)34-17-23(30)28(7-2)16-18-12-13-21(32-4)22(15-18)33-5/h6,8-13,15H,1,7,14,16-17H2,2-5H3. The van der Waals surface area contributed by atoms with Gasteiger partial charge in [0.05, 0.1) is 32.6 Å². The highest BCUT2D eigenvalue weighted by Gasteiger charge is 2.19. The largest absolute Gasteiger partial charge is 0.496 e. The normalized spacial score (nSPS) is 10.6. The number of carbonyl (C=O) groups excluding carboxylic acids is 1. The van der Waals surface area contributed by atoms with Gasteiger partial charge < -0.3 is 19.1 Å². The topological polar surface area (TPSA) is 78.7 Å². The highest BCUT2D eigenvalue weighted by Crippen LogP contribution is 2.31. The molecule has 9 heteroatoms. The molecule has 2 aromatic carbocycles. The number of methoxy groups -OCH3 is 3. The number of carbonyl (C=O) groups is 1. The second-order valence-corrected chi connectivity index (χ2v) is 8.23. The molecule has 1 amide bonds. The van der Waals surface area contributed by atoms with Gasteiger partial charge in [-0.25, -0.2) is 0 Å². The van der Waals surface area contributed by atoms with Gasteiger partial charge in [0.1, 0.15) is 5.75 Å². The first-order chi connectivity index (χ1) is 16.6. The minimum atomic E-state index is 0.00859. The molecule has 0 saturated carbocycles. The smallest absolute Gasteiger partial charge is 0.233 e. The summed E-state index contributed by atoms with van der Waals surface area (Å²) in [6, 6.07) is 13.3. The molecule has 1 aromatic heterocycles. The number of benzene rings is 2. The van der Waals surface area contributed by atoms with E-state index in [1.807, 2.05) is 54.0 Å². The van der Waals surface area contributed by atoms with Crippen LogP contribution < -0.4 is 14.2 Å². The average molecular weight is 483 g/mol. The summed E-state index contributed by atoms with van der Waals surface area (Å²) in [5, 5.41) is 9.36. The molecule has 0 bridgehead atoms. The van der Waals surface area contributed by atoms with Gasteiger partial charge in [0.15, 0.2) is 22.5 Å². The van der Waals surface area contributed by atoms with E-state index in [2.05, 4.69) is 16.8 Å². The molecule has 0 aliphatic rings. The van der Waals surface area contributed by atoms with Gasteiger partial charge in [-0.1, -0.05) is 36.0 Å². The Labute approximate surface area is 204 Å². The second kappa shape index (κ2) is 12.1. The van der Waals surface area contributed by atoms with E-state index >= 15 is 0 Å². The van der Waals surface area contributed by atoms with Gasteiger partial charge in [-0.05, 0) is 36.8 Å². The summed E-state index contributed by atoms with van der Waals surface area (Å²) >= 11 is 1.36. The molecule has 3 aromatic rings. The quantitative estimate of drug-likeness (QED) is 0.281. The predicted molar refractivity (Wildman–Crippen MR) is 134 cm³/mol. The van der Waals surface area contributed by atoms with Crippen LogP contribution in [0.5, 0.6) is 17.2 Å². The minimum Gasteiger partial charge on any atom is -0.496 e. The van der Waals surface area contributed by atoms with Crippen LogP contribution in [0.4, 0.5) is 0 Å². The minimum absolute atomic E-state index is 0.00859. The van der Waals surface area contributed by atoms with E-state index in [9.17, 15) is 4.79 Å². The van der Waals surface area contributed by atoms with Crippen molar-refractivity contribution in [1.82, 2.24) is 19.7 Å². The maximum atomic E-state index is 13.0. The highest BCUT2D eigenvalue weighted by atomic mass is 32.2. The van der Waals surface area contributed by atoms with Crippen LogP contribution >= 0.6 is 11.8 Å². The van der Waals surface area contributed by atoms with Crippen LogP contribution in [0.25, 0.3) is 11.4 Å². The third-order valence-electron chi connectivity index (χ3n) is 5.26. The molecule has 0 fully saturated rings. The maximum absolute atomic E-state index is 13.0. The van der Waals surface area contributed by atoms with Crippen molar-refractivity contribution < 1.29 is 19.0 Å². The molecule has 0 radical (unpaired) electrons. The Morgan fingerprint density at radius 2 is 1.79 bits per heavy atom. The van der Waals surface area contributed by atoms with E-state index in [0.717, 1.165) is 11.1 Å². The van der Waals surface area contributed by atoms with Crippen LogP contribution in [-0.2, 0) is 17.9 Å². The summed E-state index contributed by atoms with van der Waals surface area (Å²) in [4.78, 5) is 14.8. The highest BCUT2D eigenvalue weighted by molar-refractivity contribution is 7.99. The molecule has 0 spiro atoms. The van der Waals surface area contributed by atoms with Crippen LogP contribution in [-0.4, -0.2) is 59.2 Å². The monoisotopic (exact) mass is 482 g/mol. The fraction of sp³-hybridized carbons (Fsp3) is 0.320. The molecule has 0 atom stereocenters. The van der Waals surface area contributed by atoms with Gasteiger partial charge in [-0.15, -0.1) is 16.8 Å². The molecule has 0 saturated heterocycles. The second-order valence-electron chi connectivity index (χ2n) is 7.29. The number of hydrogen-bond donors (Lipinski definition) is 0. The molecule has 3 rings (SSSR count). The van der Waals surface area contributed by atoms with Crippen LogP contribution in [0.2, 0.25) is 0 Å². The number of ether oxygens (including phenoxy) is 3. The molecule has 0 unspecified atom stereocenters. The molecule has 0 N–H and O–H groups in total. The number of allylic oxidation sites excluding steroid dienone is 1. The number of amides is 1. The fourth-order valence-corrected chi connectivity index (χ4v) is 4.36. The zero-order valence-corrected chi connectivity index (χ0v) is 20.8. The molecule has 1 heterocycles. The Balaban J connectivity index is 1.74. The van der Waals surface area contributed by atoms with E-state index in [0.29, 0.717) is 47.9 Å². The van der Waals surface area contributed by atoms with Crippen molar-refractivity contribution in [3.8, 4) is 28.6 Å². The first-order valence-electron chi connectivity index (χ1n) is 10.8. The third-order valence-corrected chi connectivity index (χ3v) is 6.21. The lowest BCUT2D eigenvalue weighted by atomic mass is 10.2. The van der Waals surface area contributed by atoms with Crippen LogP contribution in [0, 0.1) is 0 Å². The lowest BCUT2D eigenvalue weighted by molar-refractivity contribution is -0.128. The SMILES string of the molecule is C=CCn1c(SCC(=O)N(CC)Cc2ccc(OC)c(OC)c2)nnc1-c1ccccc1OC. The van der Waals surface area contributed by atoms with Crippen LogP contribution in [0.3, 0.4) is 0 Å². The Hall–Kier alpha value is -3.46. The van der Waals surface area contributed by atoms with Crippen LogP contribution in [0.15, 0.2) is 60.3 Å². The van der Waals surface area contributed by atoms with Gasteiger partial charge >= 0.3 is 0 Å². The summed E-state index contributed by atoms with van der Waals surface area (Å²) < 4.78 is 18.1. The maximum Gasteiger partial charge on any atom is 0.233 e. The predicted octanol–water partition coefficient (Wildman–Crippen LogP) is 4.30. The Kier molecular flexibility index (Phi) is 8.98. The summed E-state index contributed by atoms with van der Waals surface area (Å²) in [5.74, 6) is 2.92. The molecular weight excluding hydrogens is 452 g/mol. The van der Waals surface area contributed by atoms with Crippen molar-refractivity contribution in [2.75, 3.05) is 33.6 Å². The molecule has 0 aliphatic carbocycles. The van der Waals surface area contributed by atoms with Gasteiger partial charge in [0.2, 0.25) is 5.91 Å². The Morgan fingerprint density at radius 1 is 1.06 bits per heavy atom. The lowest BCUT2D eigenvalue weighted by Gasteiger charge is -2.21. The molecule has 34 heavy (non-hydrogen) atoms. The van der Waals surface area contributed by atoms with E-state index in [1.165, 1.54) is 11.8 Å². The Bertz CT molecular complexity index is 1130. The number of hydrogen-bond acceptors (Lipinski definition) is 7. The van der Waals surface area contributed by atoms with Crippen molar-refractivity contribution in [2.45, 2.75) is 25.2 Å². The molecule has 180 valence electrons. The Morgan fingerprint density at radius 3 is 2.47 bits per heavy atom. The van der Waals surface area contributed by atoms with Crippen molar-refractivity contribution in [3.05, 3.63) is 60.7 Å². The number of thioether (sulfide) groups is 1. The first-order valence-corrected chi connectivity index (χ1v) is 11.8. The van der Waals surface area contributed by atoms with E-state index < -0.39 is 0 Å². The number of nitrogens with zero attached hydrogens (tertiary/aromatic N) is 4. The molecule has 8 nitrogen and oxygen atoms in total. The molecular formula is C25H30N4O4S. The van der Waals surface area contributed by atoms with Crippen molar-refractivity contribution in [3.63, 3.8) is 0 Å². The number of rotatable bonds is 12. The zero-order chi connectivity index (χ0) is 24.5. The summed E-state index contributed by atoms with van der Waals surface area (Å²) in [6.07, 6.45) is 1.78. The van der Waals surface area contributed by atoms with E-state index in [-0.39, 0.29) is 11.7 Å². The zero-order valence-electron chi connectivity index (χ0n) is 20.0. The summed E-state index contributed by atoms with van der Waals surface area (Å²) in [5.41, 5.74) is 1.80. The molecule has 0 aliphatic heterocycles. The van der Waals surface area contributed by atoms with E-state index in [4.69, 9.17) is 14.2 Å². The average Bonchev–Trinajstić information content (AvgIpc) is 3.27.